The zero-order chi connectivity index (χ0) is 8.89. The molecule has 1 aromatic carbocycles. The van der Waals surface area contributed by atoms with Crippen molar-refractivity contribution in [3.05, 3.63) is 27.3 Å². The normalized spacial score (nSPS) is 20.6. The van der Waals surface area contributed by atoms with Crippen molar-refractivity contribution in [3.63, 3.8) is 0 Å². The summed E-state index contributed by atoms with van der Waals surface area (Å²) in [4.78, 5) is 0. The highest BCUT2D eigenvalue weighted by Gasteiger charge is 2.43. The van der Waals surface area contributed by atoms with E-state index in [0.29, 0.717) is 5.41 Å². The van der Waals surface area contributed by atoms with Crippen molar-refractivity contribution < 1.29 is 0 Å². The molecule has 3 heteroatoms. The van der Waals surface area contributed by atoms with Crippen LogP contribution in [0.1, 0.15) is 24.8 Å². The molecule has 76 valence electrons. The van der Waals surface area contributed by atoms with Gasteiger partial charge in [-0.05, 0) is 59.2 Å². The van der Waals surface area contributed by atoms with Gasteiger partial charge < -0.3 is 5.32 Å². The minimum absolute atomic E-state index is 0. The molecule has 1 fully saturated rings. The molecule has 1 aliphatic heterocycles. The summed E-state index contributed by atoms with van der Waals surface area (Å²) in [6, 6.07) is 6.77. The molecule has 1 nitrogen and oxygen atoms in total. The summed E-state index contributed by atoms with van der Waals surface area (Å²) in [5.41, 5.74) is 3.47. The van der Waals surface area contributed by atoms with Crippen molar-refractivity contribution in [2.24, 2.45) is 0 Å². The third-order valence-electron chi connectivity index (χ3n) is 3.48. The van der Waals surface area contributed by atoms with Gasteiger partial charge >= 0.3 is 0 Å². The predicted molar refractivity (Wildman–Crippen MR) is 70.4 cm³/mol. The summed E-state index contributed by atoms with van der Waals surface area (Å²) >= 11 is 2.40. The lowest BCUT2D eigenvalue weighted by Crippen LogP contribution is -2.35. The molecule has 1 saturated carbocycles. The summed E-state index contributed by atoms with van der Waals surface area (Å²) in [6.45, 7) is 1.17. The molecule has 0 amide bonds. The highest BCUT2D eigenvalue weighted by Crippen LogP contribution is 2.50. The number of anilines is 1. The minimum Gasteiger partial charge on any atom is -0.384 e. The lowest BCUT2D eigenvalue weighted by atomic mass is 9.66. The summed E-state index contributed by atoms with van der Waals surface area (Å²) in [5.74, 6) is 0. The van der Waals surface area contributed by atoms with Gasteiger partial charge in [0, 0.05) is 21.2 Å². The molecule has 1 aromatic rings. The van der Waals surface area contributed by atoms with E-state index in [2.05, 4.69) is 46.1 Å². The summed E-state index contributed by atoms with van der Waals surface area (Å²) in [7, 11) is 0. The second kappa shape index (κ2) is 3.56. The fourth-order valence-electron chi connectivity index (χ4n) is 2.52. The van der Waals surface area contributed by atoms with E-state index in [1.54, 1.807) is 5.56 Å². The highest BCUT2D eigenvalue weighted by molar-refractivity contribution is 14.1. The lowest BCUT2D eigenvalue weighted by molar-refractivity contribution is 0.272. The molecule has 0 radical (unpaired) electrons. The zero-order valence-corrected chi connectivity index (χ0v) is 10.8. The topological polar surface area (TPSA) is 12.0 Å². The third-order valence-corrected chi connectivity index (χ3v) is 4.15. The number of nitrogens with one attached hydrogen (secondary N) is 1. The van der Waals surface area contributed by atoms with E-state index in [1.165, 1.54) is 35.1 Å². The van der Waals surface area contributed by atoms with Gasteiger partial charge in [-0.15, -0.1) is 12.4 Å². The monoisotopic (exact) mass is 321 g/mol. The van der Waals surface area contributed by atoms with E-state index in [-0.39, 0.29) is 12.4 Å². The maximum absolute atomic E-state index is 3.52. The first-order valence-electron chi connectivity index (χ1n) is 4.84. The molecule has 2 aliphatic rings. The van der Waals surface area contributed by atoms with Gasteiger partial charge in [0.15, 0.2) is 0 Å². The van der Waals surface area contributed by atoms with Crippen LogP contribution in [-0.2, 0) is 5.41 Å². The van der Waals surface area contributed by atoms with Gasteiger partial charge in [0.05, 0.1) is 0 Å². The first kappa shape index (κ1) is 10.6. The van der Waals surface area contributed by atoms with Crippen LogP contribution in [0, 0.1) is 3.57 Å². The Morgan fingerprint density at radius 2 is 2.07 bits per heavy atom. The summed E-state index contributed by atoms with van der Waals surface area (Å²) in [5, 5.41) is 3.52. The van der Waals surface area contributed by atoms with Crippen LogP contribution in [0.25, 0.3) is 0 Å². The van der Waals surface area contributed by atoms with Gasteiger partial charge in [0.1, 0.15) is 0 Å². The molecule has 0 aromatic heterocycles. The maximum atomic E-state index is 3.52. The Bertz CT molecular complexity index is 360. The van der Waals surface area contributed by atoms with Crippen LogP contribution in [0.5, 0.6) is 0 Å². The number of halogens is 2. The molecule has 3 rings (SSSR count). The van der Waals surface area contributed by atoms with E-state index >= 15 is 0 Å². The van der Waals surface area contributed by atoms with Crippen LogP contribution in [0.4, 0.5) is 5.69 Å². The zero-order valence-electron chi connectivity index (χ0n) is 7.85. The van der Waals surface area contributed by atoms with Crippen LogP contribution < -0.4 is 5.32 Å². The first-order valence-corrected chi connectivity index (χ1v) is 5.92. The van der Waals surface area contributed by atoms with E-state index in [1.807, 2.05) is 0 Å². The molecule has 0 atom stereocenters. The largest absolute Gasteiger partial charge is 0.384 e. The lowest BCUT2D eigenvalue weighted by Gasteiger charge is -2.38. The maximum Gasteiger partial charge on any atom is 0.0380 e. The molecule has 1 aliphatic carbocycles. The fourth-order valence-corrected chi connectivity index (χ4v) is 3.01. The number of benzene rings is 1. The van der Waals surface area contributed by atoms with E-state index in [0.717, 1.165) is 0 Å². The quantitative estimate of drug-likeness (QED) is 0.721. The van der Waals surface area contributed by atoms with Gasteiger partial charge in [-0.1, -0.05) is 6.42 Å². The van der Waals surface area contributed by atoms with Crippen molar-refractivity contribution >= 4 is 40.7 Å². The predicted octanol–water partition coefficient (Wildman–Crippen LogP) is 3.56. The van der Waals surface area contributed by atoms with Crippen LogP contribution in [-0.4, -0.2) is 6.54 Å². The minimum atomic E-state index is 0. The number of rotatable bonds is 0. The van der Waals surface area contributed by atoms with Crippen molar-refractivity contribution in [2.45, 2.75) is 24.7 Å². The Morgan fingerprint density at radius 1 is 1.29 bits per heavy atom. The average Bonchev–Trinajstić information content (AvgIpc) is 2.41. The SMILES string of the molecule is Cl.Ic1ccc2c(c1)C1(CCC1)CN2. The Balaban J connectivity index is 0.000000750. The summed E-state index contributed by atoms with van der Waals surface area (Å²) in [6.07, 6.45) is 4.17. The number of hydrogen-bond acceptors (Lipinski definition) is 1. The van der Waals surface area contributed by atoms with E-state index < -0.39 is 0 Å². The van der Waals surface area contributed by atoms with Gasteiger partial charge in [0.2, 0.25) is 0 Å². The van der Waals surface area contributed by atoms with Crippen LogP contribution >= 0.6 is 35.0 Å². The summed E-state index contributed by atoms with van der Waals surface area (Å²) < 4.78 is 1.37. The van der Waals surface area contributed by atoms with Crippen molar-refractivity contribution in [2.75, 3.05) is 11.9 Å². The molecule has 14 heavy (non-hydrogen) atoms. The number of hydrogen-bond donors (Lipinski definition) is 1. The van der Waals surface area contributed by atoms with Gasteiger partial charge in [-0.2, -0.15) is 0 Å². The van der Waals surface area contributed by atoms with Crippen LogP contribution in [0.2, 0.25) is 0 Å². The molecule has 0 bridgehead atoms. The van der Waals surface area contributed by atoms with Gasteiger partial charge in [-0.25, -0.2) is 0 Å². The Hall–Kier alpha value is 0.0400. The van der Waals surface area contributed by atoms with Gasteiger partial charge in [0.25, 0.3) is 0 Å². The Labute approximate surface area is 104 Å². The molecule has 1 spiro atoms. The van der Waals surface area contributed by atoms with E-state index in [4.69, 9.17) is 0 Å². The standard InChI is InChI=1S/C11H12IN.ClH/c12-8-2-3-10-9(6-8)11(7-13-10)4-1-5-11;/h2-3,6,13H,1,4-5,7H2;1H. The average molecular weight is 322 g/mol. The Morgan fingerprint density at radius 3 is 2.71 bits per heavy atom. The number of fused-ring (bicyclic) bond motifs is 2. The molecule has 1 heterocycles. The van der Waals surface area contributed by atoms with Crippen molar-refractivity contribution in [1.29, 1.82) is 0 Å². The van der Waals surface area contributed by atoms with Gasteiger partial charge in [-0.3, -0.25) is 0 Å². The third kappa shape index (κ3) is 1.34. The smallest absolute Gasteiger partial charge is 0.0380 e. The fraction of sp³-hybridized carbons (Fsp3) is 0.455. The van der Waals surface area contributed by atoms with Crippen molar-refractivity contribution in [3.8, 4) is 0 Å². The molecule has 1 N–H and O–H groups in total. The molecular weight excluding hydrogens is 308 g/mol. The van der Waals surface area contributed by atoms with Crippen LogP contribution in [0.3, 0.4) is 0 Å². The van der Waals surface area contributed by atoms with Crippen LogP contribution in [0.15, 0.2) is 18.2 Å². The molecule has 0 unspecified atom stereocenters. The highest BCUT2D eigenvalue weighted by atomic mass is 127. The second-order valence-electron chi connectivity index (χ2n) is 4.18. The first-order chi connectivity index (χ1) is 6.30. The van der Waals surface area contributed by atoms with E-state index in [9.17, 15) is 0 Å². The van der Waals surface area contributed by atoms with Crippen molar-refractivity contribution in [1.82, 2.24) is 0 Å². The molecular formula is C11H13ClIN. The Kier molecular flexibility index (Phi) is 2.68. The molecule has 0 saturated heterocycles. The second-order valence-corrected chi connectivity index (χ2v) is 5.42.